The number of carbonyl (C=O) groups excluding carboxylic acids is 1. The van der Waals surface area contributed by atoms with Gasteiger partial charge in [0, 0.05) is 36.5 Å². The van der Waals surface area contributed by atoms with E-state index in [1.54, 1.807) is 36.4 Å². The van der Waals surface area contributed by atoms with E-state index in [0.29, 0.717) is 54.3 Å². The summed E-state index contributed by atoms with van der Waals surface area (Å²) in [4.78, 5) is 30.2. The number of nitro benzene ring substituents is 1. The predicted octanol–water partition coefficient (Wildman–Crippen LogP) is 4.51. The lowest BCUT2D eigenvalue weighted by Crippen LogP contribution is -2.39. The Morgan fingerprint density at radius 3 is 2.68 bits per heavy atom. The zero-order valence-corrected chi connectivity index (χ0v) is 20.1. The van der Waals surface area contributed by atoms with Crippen LogP contribution in [0.1, 0.15) is 10.4 Å². The van der Waals surface area contributed by atoms with Gasteiger partial charge in [-0.2, -0.15) is 0 Å². The van der Waals surface area contributed by atoms with Gasteiger partial charge in [0.15, 0.2) is 10.7 Å². The first kappa shape index (κ1) is 24.3. The first-order chi connectivity index (χ1) is 17.9. The van der Waals surface area contributed by atoms with Crippen LogP contribution in [0.4, 0.5) is 21.5 Å². The number of benzene rings is 3. The number of hydrogen-bond acceptors (Lipinski definition) is 8. The van der Waals surface area contributed by atoms with Gasteiger partial charge in [0.1, 0.15) is 11.3 Å². The number of anilines is 2. The van der Waals surface area contributed by atoms with E-state index < -0.39 is 16.6 Å². The summed E-state index contributed by atoms with van der Waals surface area (Å²) in [6, 6.07) is 15.1. The standard InChI is InChI=1S/C25H20FN5O5S/c26-16-3-1-2-15(12-16)24-28-20-13-17(4-7-22(20)36-24)27-25(37)29-23(32)19-14-18(31(33)34)5-6-21(19)30-8-10-35-11-9-30/h1-7,12-14H,8-11H2,(H2,27,29,32,37). The minimum Gasteiger partial charge on any atom is -0.436 e. The molecule has 0 aliphatic carbocycles. The second kappa shape index (κ2) is 10.3. The summed E-state index contributed by atoms with van der Waals surface area (Å²) in [5, 5.41) is 16.8. The molecule has 3 aromatic carbocycles. The van der Waals surface area contributed by atoms with Crippen molar-refractivity contribution in [2.45, 2.75) is 0 Å². The molecular formula is C25H20FN5O5S. The normalized spacial score (nSPS) is 13.4. The fourth-order valence-electron chi connectivity index (χ4n) is 3.98. The highest BCUT2D eigenvalue weighted by molar-refractivity contribution is 7.80. The van der Waals surface area contributed by atoms with Crippen LogP contribution in [0.5, 0.6) is 0 Å². The Morgan fingerprint density at radius 1 is 1.11 bits per heavy atom. The lowest BCUT2D eigenvalue weighted by atomic mass is 10.1. The molecule has 0 spiro atoms. The van der Waals surface area contributed by atoms with Crippen molar-refractivity contribution in [3.63, 3.8) is 0 Å². The van der Waals surface area contributed by atoms with Crippen LogP contribution in [0, 0.1) is 15.9 Å². The molecule has 2 N–H and O–H groups in total. The molecule has 0 bridgehead atoms. The molecule has 12 heteroatoms. The average molecular weight is 522 g/mol. The van der Waals surface area contributed by atoms with Crippen molar-refractivity contribution in [1.82, 2.24) is 10.3 Å². The Balaban J connectivity index is 1.33. The van der Waals surface area contributed by atoms with E-state index >= 15 is 0 Å². The fraction of sp³-hybridized carbons (Fsp3) is 0.160. The summed E-state index contributed by atoms with van der Waals surface area (Å²) >= 11 is 5.32. The number of halogens is 1. The molecule has 0 unspecified atom stereocenters. The molecule has 2 heterocycles. The van der Waals surface area contributed by atoms with E-state index in [0.717, 1.165) is 0 Å². The van der Waals surface area contributed by atoms with Gasteiger partial charge < -0.3 is 19.4 Å². The smallest absolute Gasteiger partial charge is 0.270 e. The van der Waals surface area contributed by atoms with Gasteiger partial charge in [0.2, 0.25) is 5.89 Å². The predicted molar refractivity (Wildman–Crippen MR) is 139 cm³/mol. The number of fused-ring (bicyclic) bond motifs is 1. The summed E-state index contributed by atoms with van der Waals surface area (Å²) in [7, 11) is 0. The molecule has 4 aromatic rings. The summed E-state index contributed by atoms with van der Waals surface area (Å²) in [6.07, 6.45) is 0. The van der Waals surface area contributed by atoms with E-state index in [1.807, 2.05) is 4.90 Å². The second-order valence-corrected chi connectivity index (χ2v) is 8.59. The highest BCUT2D eigenvalue weighted by Gasteiger charge is 2.23. The van der Waals surface area contributed by atoms with E-state index in [9.17, 15) is 19.3 Å². The topological polar surface area (TPSA) is 123 Å². The molecule has 5 rings (SSSR count). The van der Waals surface area contributed by atoms with Crippen molar-refractivity contribution in [3.8, 4) is 11.5 Å². The quantitative estimate of drug-likeness (QED) is 0.222. The molecule has 1 aliphatic heterocycles. The number of non-ortho nitro benzene ring substituents is 1. The number of aromatic nitrogens is 1. The molecule has 1 fully saturated rings. The van der Waals surface area contributed by atoms with Crippen LogP contribution in [-0.2, 0) is 4.74 Å². The van der Waals surface area contributed by atoms with Crippen LogP contribution in [0.25, 0.3) is 22.6 Å². The van der Waals surface area contributed by atoms with Crippen molar-refractivity contribution in [2.24, 2.45) is 0 Å². The van der Waals surface area contributed by atoms with Crippen molar-refractivity contribution < 1.29 is 23.3 Å². The molecule has 188 valence electrons. The SMILES string of the molecule is O=C(NC(=S)Nc1ccc2oc(-c3cccc(F)c3)nc2c1)c1cc([N+](=O)[O-])ccc1N1CCOCC1. The minimum atomic E-state index is -0.585. The first-order valence-electron chi connectivity index (χ1n) is 11.3. The van der Waals surface area contributed by atoms with Crippen molar-refractivity contribution in [2.75, 3.05) is 36.5 Å². The van der Waals surface area contributed by atoms with Crippen molar-refractivity contribution >= 4 is 51.4 Å². The molecule has 10 nitrogen and oxygen atoms in total. The van der Waals surface area contributed by atoms with Gasteiger partial charge >= 0.3 is 0 Å². The zero-order valence-electron chi connectivity index (χ0n) is 19.3. The maximum Gasteiger partial charge on any atom is 0.270 e. The third kappa shape index (κ3) is 5.39. The number of nitrogens with one attached hydrogen (secondary N) is 2. The number of thiocarbonyl (C=S) groups is 1. The number of nitrogens with zero attached hydrogens (tertiary/aromatic N) is 3. The maximum absolute atomic E-state index is 13.6. The number of oxazole rings is 1. The van der Waals surface area contributed by atoms with Gasteiger partial charge in [0.25, 0.3) is 11.6 Å². The third-order valence-corrected chi connectivity index (χ3v) is 5.94. The van der Waals surface area contributed by atoms with E-state index in [-0.39, 0.29) is 22.3 Å². The van der Waals surface area contributed by atoms with Crippen molar-refractivity contribution in [1.29, 1.82) is 0 Å². The maximum atomic E-state index is 13.6. The first-order valence-corrected chi connectivity index (χ1v) is 11.7. The minimum absolute atomic E-state index is 0.00219. The molecular weight excluding hydrogens is 501 g/mol. The number of carbonyl (C=O) groups is 1. The van der Waals surface area contributed by atoms with Crippen LogP contribution in [-0.4, -0.2) is 47.2 Å². The molecule has 1 aromatic heterocycles. The van der Waals surface area contributed by atoms with Gasteiger partial charge in [-0.05, 0) is 54.7 Å². The fourth-order valence-corrected chi connectivity index (χ4v) is 4.19. The number of ether oxygens (including phenoxy) is 1. The number of morpholine rings is 1. The van der Waals surface area contributed by atoms with E-state index in [1.165, 1.54) is 24.3 Å². The number of amides is 1. The molecule has 0 radical (unpaired) electrons. The lowest BCUT2D eigenvalue weighted by molar-refractivity contribution is -0.384. The second-order valence-electron chi connectivity index (χ2n) is 8.18. The average Bonchev–Trinajstić information content (AvgIpc) is 3.32. The molecule has 1 saturated heterocycles. The number of hydrogen-bond donors (Lipinski definition) is 2. The van der Waals surface area contributed by atoms with E-state index in [2.05, 4.69) is 15.6 Å². The Morgan fingerprint density at radius 2 is 1.92 bits per heavy atom. The zero-order chi connectivity index (χ0) is 25.9. The molecule has 1 amide bonds. The van der Waals surface area contributed by atoms with Gasteiger partial charge in [-0.15, -0.1) is 0 Å². The van der Waals surface area contributed by atoms with Crippen LogP contribution >= 0.6 is 12.2 Å². The van der Waals surface area contributed by atoms with Gasteiger partial charge in [-0.3, -0.25) is 20.2 Å². The number of nitro groups is 1. The van der Waals surface area contributed by atoms with Crippen molar-refractivity contribution in [3.05, 3.63) is 82.2 Å². The van der Waals surface area contributed by atoms with Crippen LogP contribution in [0.2, 0.25) is 0 Å². The highest BCUT2D eigenvalue weighted by Crippen LogP contribution is 2.28. The largest absolute Gasteiger partial charge is 0.436 e. The summed E-state index contributed by atoms with van der Waals surface area (Å²) in [5.74, 6) is -0.717. The Kier molecular flexibility index (Phi) is 6.75. The summed E-state index contributed by atoms with van der Waals surface area (Å²) in [5.41, 5.74) is 2.52. The lowest BCUT2D eigenvalue weighted by Gasteiger charge is -2.30. The highest BCUT2D eigenvalue weighted by atomic mass is 32.1. The third-order valence-electron chi connectivity index (χ3n) is 5.73. The van der Waals surface area contributed by atoms with Crippen LogP contribution in [0.15, 0.2) is 65.1 Å². The van der Waals surface area contributed by atoms with Gasteiger partial charge in [-0.1, -0.05) is 6.07 Å². The summed E-state index contributed by atoms with van der Waals surface area (Å²) < 4.78 is 24.6. The Hall–Kier alpha value is -4.42. The van der Waals surface area contributed by atoms with Gasteiger partial charge in [-0.25, -0.2) is 9.37 Å². The van der Waals surface area contributed by atoms with E-state index in [4.69, 9.17) is 21.4 Å². The Labute approximate surface area is 215 Å². The molecule has 0 atom stereocenters. The monoisotopic (exact) mass is 521 g/mol. The van der Waals surface area contributed by atoms with Gasteiger partial charge in [0.05, 0.1) is 29.4 Å². The summed E-state index contributed by atoms with van der Waals surface area (Å²) in [6.45, 7) is 2.08. The Bertz CT molecular complexity index is 1520. The van der Waals surface area contributed by atoms with Crippen LogP contribution < -0.4 is 15.5 Å². The molecule has 37 heavy (non-hydrogen) atoms. The number of rotatable bonds is 5. The molecule has 0 saturated carbocycles. The van der Waals surface area contributed by atoms with Crippen LogP contribution in [0.3, 0.4) is 0 Å². The molecule has 1 aliphatic rings.